The lowest BCUT2D eigenvalue weighted by molar-refractivity contribution is 0.101. The minimum absolute atomic E-state index is 0.0576. The second-order valence-electron chi connectivity index (χ2n) is 4.19. The van der Waals surface area contributed by atoms with Crippen molar-refractivity contribution < 1.29 is 4.79 Å². The maximum Gasteiger partial charge on any atom is 0.225 e. The van der Waals surface area contributed by atoms with Crippen molar-refractivity contribution in [3.63, 3.8) is 0 Å². The van der Waals surface area contributed by atoms with Crippen molar-refractivity contribution in [2.45, 2.75) is 25.7 Å². The molecule has 2 rings (SSSR count). The van der Waals surface area contributed by atoms with Gasteiger partial charge in [-0.1, -0.05) is 0 Å². The lowest BCUT2D eigenvalue weighted by Crippen LogP contribution is -2.15. The van der Waals surface area contributed by atoms with Gasteiger partial charge in [-0.25, -0.2) is 9.97 Å². The molecule has 1 heterocycles. The van der Waals surface area contributed by atoms with Crippen LogP contribution in [0.3, 0.4) is 0 Å². The number of carbonyl (C=O) groups is 1. The molecule has 0 radical (unpaired) electrons. The number of nitrogens with zero attached hydrogens (tertiary/aromatic N) is 3. The molecule has 0 spiro atoms. The Morgan fingerprint density at radius 1 is 1.47 bits per heavy atom. The molecule has 0 aliphatic heterocycles. The van der Waals surface area contributed by atoms with Gasteiger partial charge < -0.3 is 4.90 Å². The zero-order valence-electron chi connectivity index (χ0n) is 9.32. The van der Waals surface area contributed by atoms with Crippen molar-refractivity contribution in [1.82, 2.24) is 9.97 Å². The quantitative estimate of drug-likeness (QED) is 0.703. The summed E-state index contributed by atoms with van der Waals surface area (Å²) in [6, 6.07) is 0. The molecule has 0 aromatic carbocycles. The Hall–Kier alpha value is -1.45. The fourth-order valence-electron chi connectivity index (χ4n) is 1.54. The van der Waals surface area contributed by atoms with Crippen LogP contribution in [0.5, 0.6) is 0 Å². The Morgan fingerprint density at radius 2 is 2.13 bits per heavy atom. The van der Waals surface area contributed by atoms with Crippen molar-refractivity contribution in [3.05, 3.63) is 17.5 Å². The van der Waals surface area contributed by atoms with E-state index in [1.54, 1.807) is 13.1 Å². The summed E-state index contributed by atoms with van der Waals surface area (Å²) < 4.78 is 0. The van der Waals surface area contributed by atoms with Crippen LogP contribution in [-0.2, 0) is 0 Å². The number of Topliss-reactive ketones (excluding diaryl/α,β-unsaturated/α-hetero) is 1. The van der Waals surface area contributed by atoms with Crippen LogP contribution in [0.4, 0.5) is 5.95 Å². The Balaban J connectivity index is 2.44. The highest BCUT2D eigenvalue weighted by Crippen LogP contribution is 2.40. The van der Waals surface area contributed by atoms with E-state index in [0.29, 0.717) is 17.4 Å². The molecule has 1 fully saturated rings. The molecule has 1 aliphatic carbocycles. The molecule has 4 nitrogen and oxygen atoms in total. The molecule has 1 aromatic heterocycles. The van der Waals surface area contributed by atoms with Crippen LogP contribution in [0.25, 0.3) is 0 Å². The van der Waals surface area contributed by atoms with Gasteiger partial charge in [-0.15, -0.1) is 0 Å². The normalized spacial score (nSPS) is 15.1. The van der Waals surface area contributed by atoms with Crippen molar-refractivity contribution in [2.24, 2.45) is 0 Å². The third-order valence-electron chi connectivity index (χ3n) is 2.55. The molecule has 0 unspecified atom stereocenters. The number of hydrogen-bond donors (Lipinski definition) is 0. The maximum atomic E-state index is 11.4. The van der Waals surface area contributed by atoms with E-state index in [2.05, 4.69) is 9.97 Å². The Kier molecular flexibility index (Phi) is 2.42. The van der Waals surface area contributed by atoms with E-state index in [0.717, 1.165) is 18.5 Å². The van der Waals surface area contributed by atoms with Gasteiger partial charge in [0.1, 0.15) is 0 Å². The van der Waals surface area contributed by atoms with Crippen LogP contribution in [-0.4, -0.2) is 29.8 Å². The molecule has 80 valence electrons. The van der Waals surface area contributed by atoms with Crippen LogP contribution in [0.2, 0.25) is 0 Å². The molecular formula is C11H15N3O. The molecule has 0 saturated heterocycles. The fourth-order valence-corrected chi connectivity index (χ4v) is 1.54. The maximum absolute atomic E-state index is 11.4. The molecule has 0 amide bonds. The average Bonchev–Trinajstić information content (AvgIpc) is 2.99. The van der Waals surface area contributed by atoms with Crippen LogP contribution in [0, 0.1) is 0 Å². The van der Waals surface area contributed by atoms with Crippen LogP contribution < -0.4 is 4.90 Å². The van der Waals surface area contributed by atoms with Gasteiger partial charge in [0.2, 0.25) is 5.95 Å². The van der Waals surface area contributed by atoms with Crippen LogP contribution >= 0.6 is 0 Å². The standard InChI is InChI=1S/C11H15N3O/c1-7(15)9-6-12-11(14(2)3)13-10(9)8-4-5-8/h6,8H,4-5H2,1-3H3. The minimum atomic E-state index is 0.0576. The highest BCUT2D eigenvalue weighted by atomic mass is 16.1. The highest BCUT2D eigenvalue weighted by Gasteiger charge is 2.29. The number of ketones is 1. The Labute approximate surface area is 89.3 Å². The molecular weight excluding hydrogens is 190 g/mol. The molecule has 15 heavy (non-hydrogen) atoms. The average molecular weight is 205 g/mol. The van der Waals surface area contributed by atoms with Gasteiger partial charge >= 0.3 is 0 Å². The first-order chi connectivity index (χ1) is 7.09. The number of anilines is 1. The zero-order chi connectivity index (χ0) is 11.0. The second kappa shape index (κ2) is 3.61. The van der Waals surface area contributed by atoms with E-state index < -0.39 is 0 Å². The molecule has 0 bridgehead atoms. The van der Waals surface area contributed by atoms with Gasteiger partial charge in [-0.3, -0.25) is 4.79 Å². The predicted molar refractivity (Wildman–Crippen MR) is 58.3 cm³/mol. The van der Waals surface area contributed by atoms with Crippen molar-refractivity contribution in [2.75, 3.05) is 19.0 Å². The molecule has 1 aliphatic rings. The third kappa shape index (κ3) is 1.98. The van der Waals surface area contributed by atoms with E-state index in [-0.39, 0.29) is 5.78 Å². The van der Waals surface area contributed by atoms with Crippen molar-refractivity contribution in [3.8, 4) is 0 Å². The van der Waals surface area contributed by atoms with Crippen LogP contribution in [0.1, 0.15) is 41.7 Å². The highest BCUT2D eigenvalue weighted by molar-refractivity contribution is 5.95. The van der Waals surface area contributed by atoms with Gasteiger partial charge in [0.15, 0.2) is 5.78 Å². The largest absolute Gasteiger partial charge is 0.347 e. The number of rotatable bonds is 3. The SMILES string of the molecule is CC(=O)c1cnc(N(C)C)nc1C1CC1. The van der Waals surface area contributed by atoms with E-state index in [4.69, 9.17) is 0 Å². The first-order valence-corrected chi connectivity index (χ1v) is 5.15. The van der Waals surface area contributed by atoms with E-state index >= 15 is 0 Å². The second-order valence-corrected chi connectivity index (χ2v) is 4.19. The third-order valence-corrected chi connectivity index (χ3v) is 2.55. The van der Waals surface area contributed by atoms with E-state index in [1.807, 2.05) is 19.0 Å². The van der Waals surface area contributed by atoms with Gasteiger partial charge in [-0.2, -0.15) is 0 Å². The first kappa shape index (κ1) is 10.1. The minimum Gasteiger partial charge on any atom is -0.347 e. The predicted octanol–water partition coefficient (Wildman–Crippen LogP) is 1.62. The van der Waals surface area contributed by atoms with Gasteiger partial charge in [0.05, 0.1) is 11.3 Å². The summed E-state index contributed by atoms with van der Waals surface area (Å²) in [5, 5.41) is 0. The molecule has 1 aromatic rings. The summed E-state index contributed by atoms with van der Waals surface area (Å²) in [4.78, 5) is 21.9. The summed E-state index contributed by atoms with van der Waals surface area (Å²) in [6.45, 7) is 1.57. The monoisotopic (exact) mass is 205 g/mol. The lowest BCUT2D eigenvalue weighted by Gasteiger charge is -2.12. The summed E-state index contributed by atoms with van der Waals surface area (Å²) in [6.07, 6.45) is 3.94. The summed E-state index contributed by atoms with van der Waals surface area (Å²) in [5.41, 5.74) is 1.62. The molecule has 0 N–H and O–H groups in total. The smallest absolute Gasteiger partial charge is 0.225 e. The van der Waals surface area contributed by atoms with Gasteiger partial charge in [0, 0.05) is 26.2 Å². The number of aromatic nitrogens is 2. The molecule has 4 heteroatoms. The van der Waals surface area contributed by atoms with E-state index in [9.17, 15) is 4.79 Å². The Bertz CT molecular complexity index is 397. The van der Waals surface area contributed by atoms with Crippen LogP contribution in [0.15, 0.2) is 6.20 Å². The number of hydrogen-bond acceptors (Lipinski definition) is 4. The molecule has 1 saturated carbocycles. The van der Waals surface area contributed by atoms with Crippen molar-refractivity contribution >= 4 is 11.7 Å². The van der Waals surface area contributed by atoms with E-state index in [1.165, 1.54) is 0 Å². The summed E-state index contributed by atoms with van der Waals surface area (Å²) in [5.74, 6) is 1.22. The summed E-state index contributed by atoms with van der Waals surface area (Å²) in [7, 11) is 3.80. The van der Waals surface area contributed by atoms with Crippen molar-refractivity contribution in [1.29, 1.82) is 0 Å². The fraction of sp³-hybridized carbons (Fsp3) is 0.545. The Morgan fingerprint density at radius 3 is 2.60 bits per heavy atom. The van der Waals surface area contributed by atoms with Gasteiger partial charge in [-0.05, 0) is 19.8 Å². The zero-order valence-corrected chi connectivity index (χ0v) is 9.32. The number of carbonyl (C=O) groups excluding carboxylic acids is 1. The topological polar surface area (TPSA) is 46.1 Å². The lowest BCUT2D eigenvalue weighted by atomic mass is 10.1. The molecule has 0 atom stereocenters. The first-order valence-electron chi connectivity index (χ1n) is 5.15. The van der Waals surface area contributed by atoms with Gasteiger partial charge in [0.25, 0.3) is 0 Å². The summed E-state index contributed by atoms with van der Waals surface area (Å²) >= 11 is 0.